The Labute approximate surface area is 513 Å². The van der Waals surface area contributed by atoms with E-state index in [2.05, 4.69) is 74.9 Å². The van der Waals surface area contributed by atoms with Gasteiger partial charge in [0.25, 0.3) is 0 Å². The Morgan fingerprint density at radius 1 is 0.647 bits per heavy atom. The Bertz CT molecular complexity index is 2760. The fourth-order valence-corrected chi connectivity index (χ4v) is 12.5. The third kappa shape index (κ3) is 20.7. The maximum Gasteiger partial charge on any atom is 0.328 e. The Morgan fingerprint density at radius 3 is 1.67 bits per heavy atom. The molecule has 85 heavy (non-hydrogen) atoms. The lowest BCUT2D eigenvalue weighted by molar-refractivity contribution is -0.161. The molecule has 4 aromatic rings. The fourth-order valence-electron chi connectivity index (χ4n) is 12.0. The number of benzene rings is 2. The quantitative estimate of drug-likeness (QED) is 0.0463. The molecule has 8 heterocycles. The van der Waals surface area contributed by atoms with E-state index in [0.29, 0.717) is 62.2 Å². The van der Waals surface area contributed by atoms with Crippen molar-refractivity contribution in [3.05, 3.63) is 117 Å². The van der Waals surface area contributed by atoms with Crippen molar-refractivity contribution in [3.8, 4) is 0 Å². The van der Waals surface area contributed by atoms with Crippen molar-refractivity contribution in [2.45, 2.75) is 230 Å². The van der Waals surface area contributed by atoms with Crippen molar-refractivity contribution in [1.82, 2.24) is 20.2 Å². The van der Waals surface area contributed by atoms with Gasteiger partial charge in [0.15, 0.2) is 0 Å². The van der Waals surface area contributed by atoms with Crippen LogP contribution in [0.2, 0.25) is 0 Å². The smallest absolute Gasteiger partial charge is 0.328 e. The number of fused-ring (bicyclic) bond motifs is 2. The zero-order valence-electron chi connectivity index (χ0n) is 52.0. The predicted octanol–water partition coefficient (Wildman–Crippen LogP) is 14.1. The maximum atomic E-state index is 14.7. The van der Waals surface area contributed by atoms with Crippen LogP contribution >= 0.6 is 15.9 Å². The monoisotopic (exact) mass is 1240 g/mol. The van der Waals surface area contributed by atoms with Crippen molar-refractivity contribution in [2.24, 2.45) is 0 Å². The first-order valence-corrected chi connectivity index (χ1v) is 32.8. The van der Waals surface area contributed by atoms with Gasteiger partial charge in [0.2, 0.25) is 0 Å². The van der Waals surface area contributed by atoms with E-state index in [4.69, 9.17) is 38.4 Å². The number of ether oxygens (including phenoxy) is 6. The van der Waals surface area contributed by atoms with E-state index in [-0.39, 0.29) is 35.9 Å². The first-order valence-electron chi connectivity index (χ1n) is 31.9. The van der Waals surface area contributed by atoms with Crippen LogP contribution in [-0.2, 0) is 63.7 Å². The minimum atomic E-state index is -0.708. The SMILES string of the molecule is CC(C)(C)OC(=O)C(Br)c1cc(F)ccc1[C@@H]1CCCCO1.CC1CCc2ccc(CCCCO[C@@H]3CCN(C(C(=O)OC(C)(C)C)c4cc(F)ccc4[C@@H]4CCCCO4)C3)nc2N1.CC1CCc2ccc(CCCCO[C@@H]3CCNC3)nc2N1. The zero-order chi connectivity index (χ0) is 60.5. The van der Waals surface area contributed by atoms with E-state index in [9.17, 15) is 18.4 Å². The molecule has 17 heteroatoms. The number of unbranched alkanes of at least 4 members (excludes halogenated alkanes) is 2. The molecule has 0 bridgehead atoms. The molecule has 6 aliphatic heterocycles. The molecule has 10 rings (SSSR count). The van der Waals surface area contributed by atoms with Gasteiger partial charge in [-0.15, -0.1) is 0 Å². The molecule has 0 spiro atoms. The summed E-state index contributed by atoms with van der Waals surface area (Å²) in [4.78, 5) is 37.0. The lowest BCUT2D eigenvalue weighted by atomic mass is 9.92. The number of nitrogens with one attached hydrogen (secondary N) is 3. The molecular formula is C68H97BrF2N6O8. The normalized spacial score (nSPS) is 23.1. The zero-order valence-corrected chi connectivity index (χ0v) is 53.6. The highest BCUT2D eigenvalue weighted by Gasteiger charge is 2.39. The molecule has 0 amide bonds. The number of esters is 2. The molecule has 2 aromatic heterocycles. The van der Waals surface area contributed by atoms with Gasteiger partial charge in [0.05, 0.1) is 24.4 Å². The van der Waals surface area contributed by atoms with Crippen molar-refractivity contribution >= 4 is 39.5 Å². The third-order valence-corrected chi connectivity index (χ3v) is 17.3. The van der Waals surface area contributed by atoms with Crippen LogP contribution in [0.3, 0.4) is 0 Å². The maximum absolute atomic E-state index is 14.7. The molecule has 3 N–H and O–H groups in total. The van der Waals surface area contributed by atoms with Crippen molar-refractivity contribution in [3.63, 3.8) is 0 Å². The number of aromatic nitrogens is 2. The lowest BCUT2D eigenvalue weighted by Crippen LogP contribution is -2.38. The van der Waals surface area contributed by atoms with Crippen LogP contribution in [0.5, 0.6) is 0 Å². The Hall–Kier alpha value is -4.62. The number of hydrogen-bond acceptors (Lipinski definition) is 14. The van der Waals surface area contributed by atoms with Gasteiger partial charge in [-0.2, -0.15) is 0 Å². The summed E-state index contributed by atoms with van der Waals surface area (Å²) >= 11 is 3.36. The van der Waals surface area contributed by atoms with Crippen LogP contribution in [0.25, 0.3) is 0 Å². The summed E-state index contributed by atoms with van der Waals surface area (Å²) in [6, 6.07) is 18.4. The van der Waals surface area contributed by atoms with Gasteiger partial charge in [-0.1, -0.05) is 40.2 Å². The minimum absolute atomic E-state index is 0.0189. The molecule has 0 saturated carbocycles. The Balaban J connectivity index is 0.000000183. The summed E-state index contributed by atoms with van der Waals surface area (Å²) in [7, 11) is 0. The van der Waals surface area contributed by atoms with Gasteiger partial charge in [0, 0.05) is 69.5 Å². The molecule has 6 aliphatic rings. The molecule has 4 unspecified atom stereocenters. The fraction of sp³-hybridized carbons (Fsp3) is 0.647. The molecule has 4 saturated heterocycles. The van der Waals surface area contributed by atoms with E-state index in [0.717, 1.165) is 157 Å². The van der Waals surface area contributed by atoms with Crippen LogP contribution in [0.15, 0.2) is 60.7 Å². The molecule has 0 radical (unpaired) electrons. The van der Waals surface area contributed by atoms with E-state index >= 15 is 0 Å². The average molecular weight is 1240 g/mol. The first-order chi connectivity index (χ1) is 40.7. The molecule has 8 atom stereocenters. The second kappa shape index (κ2) is 32.0. The second-order valence-corrected chi connectivity index (χ2v) is 27.0. The minimum Gasteiger partial charge on any atom is -0.459 e. The second-order valence-electron chi connectivity index (χ2n) is 26.1. The summed E-state index contributed by atoms with van der Waals surface area (Å²) in [5.74, 6) is 0.651. The van der Waals surface area contributed by atoms with Crippen LogP contribution in [-0.4, -0.2) is 115 Å². The highest BCUT2D eigenvalue weighted by molar-refractivity contribution is 9.09. The van der Waals surface area contributed by atoms with Crippen LogP contribution in [0.4, 0.5) is 20.4 Å². The molecule has 4 fully saturated rings. The van der Waals surface area contributed by atoms with Gasteiger partial charge >= 0.3 is 11.9 Å². The van der Waals surface area contributed by atoms with E-state index in [1.165, 1.54) is 47.5 Å². The van der Waals surface area contributed by atoms with Gasteiger partial charge < -0.3 is 44.4 Å². The first kappa shape index (κ1) is 66.3. The number of anilines is 2. The third-order valence-electron chi connectivity index (χ3n) is 16.4. The summed E-state index contributed by atoms with van der Waals surface area (Å²) in [5.41, 5.74) is 6.75. The van der Waals surface area contributed by atoms with Crippen molar-refractivity contribution in [2.75, 3.05) is 63.2 Å². The molecule has 0 aliphatic carbocycles. The number of hydrogen-bond donors (Lipinski definition) is 3. The summed E-state index contributed by atoms with van der Waals surface area (Å²) in [5, 5.41) is 10.3. The predicted molar refractivity (Wildman–Crippen MR) is 334 cm³/mol. The number of nitrogens with zero attached hydrogens (tertiary/aromatic N) is 3. The van der Waals surface area contributed by atoms with Crippen molar-refractivity contribution in [1.29, 1.82) is 0 Å². The topological polar surface area (TPSA) is 155 Å². The number of pyridine rings is 2. The summed E-state index contributed by atoms with van der Waals surface area (Å²) in [6.45, 7) is 21.8. The lowest BCUT2D eigenvalue weighted by Gasteiger charge is -2.33. The van der Waals surface area contributed by atoms with Crippen LogP contribution < -0.4 is 16.0 Å². The largest absolute Gasteiger partial charge is 0.459 e. The summed E-state index contributed by atoms with van der Waals surface area (Å²) < 4.78 is 63.6. The standard InChI is InChI=1S/C34H48FN3O4.C17H22BrFO3.C17H27N3O/c1-23-11-12-24-13-15-26(37-32(24)36-23)9-5-7-19-40-27-17-18-38(22-27)31(33(39)42-34(2,3)4)29-21-25(35)14-16-28(29)30-10-6-8-20-41-30;1-17(2,3)22-16(20)15(18)13-10-11(19)7-8-12(13)14-6-4-5-9-21-14;1-13-5-6-14-7-8-15(20-17(14)19-13)4-2-3-11-21-16-9-10-18-12-16/h13-16,21,23,27,30-31H,5-12,17-20,22H2,1-4H3,(H,36,37);7-8,10,14-15H,4-6,9H2,1-3H3;7-8,13,16,18H,2-6,9-12H2,1H3,(H,19,20)/t23?,27-,30+,31?;14-,15?;13?,16-/m101/s1. The van der Waals surface area contributed by atoms with Gasteiger partial charge in [-0.25, -0.2) is 23.5 Å². The van der Waals surface area contributed by atoms with E-state index in [1.807, 2.05) is 20.8 Å². The summed E-state index contributed by atoms with van der Waals surface area (Å²) in [6.07, 6.45) is 19.0. The Morgan fingerprint density at radius 2 is 1.16 bits per heavy atom. The number of aryl methyl sites for hydroxylation is 4. The number of alkyl halides is 1. The molecule has 468 valence electrons. The highest BCUT2D eigenvalue weighted by Crippen LogP contribution is 2.40. The van der Waals surface area contributed by atoms with Crippen LogP contribution in [0.1, 0.15) is 213 Å². The number of carbonyl (C=O) groups is 2. The van der Waals surface area contributed by atoms with Gasteiger partial charge in [-0.05, 0) is 247 Å². The van der Waals surface area contributed by atoms with Crippen LogP contribution in [0, 0.1) is 11.6 Å². The van der Waals surface area contributed by atoms with Gasteiger partial charge in [-0.3, -0.25) is 9.69 Å². The number of likely N-dealkylation sites (tertiary alicyclic amines) is 1. The highest BCUT2D eigenvalue weighted by atomic mass is 79.9. The molecule has 2 aromatic carbocycles. The number of halogens is 3. The number of rotatable bonds is 19. The van der Waals surface area contributed by atoms with E-state index < -0.39 is 28.0 Å². The number of carbonyl (C=O) groups excluding carboxylic acids is 2. The van der Waals surface area contributed by atoms with Crippen molar-refractivity contribution < 1.29 is 46.8 Å². The molecular weight excluding hydrogens is 1150 g/mol. The van der Waals surface area contributed by atoms with Gasteiger partial charge in [0.1, 0.15) is 45.3 Å². The Kier molecular flexibility index (Phi) is 25.0. The molecule has 14 nitrogen and oxygen atoms in total. The average Bonchev–Trinajstić information content (AvgIpc) is 2.88. The van der Waals surface area contributed by atoms with E-state index in [1.54, 1.807) is 32.9 Å².